The number of hydrogen-bond acceptors (Lipinski definition) is 4. The van der Waals surface area contributed by atoms with Crippen LogP contribution in [-0.2, 0) is 14.4 Å². The summed E-state index contributed by atoms with van der Waals surface area (Å²) in [5.41, 5.74) is 5.87. The van der Waals surface area contributed by atoms with Gasteiger partial charge in [0, 0.05) is 12.5 Å². The molecule has 0 aliphatic rings. The smallest absolute Gasteiger partial charge is 0.322 e. The minimum atomic E-state index is -1.09. The van der Waals surface area contributed by atoms with E-state index in [-0.39, 0.29) is 30.2 Å². The Morgan fingerprint density at radius 2 is 1.58 bits per heavy atom. The van der Waals surface area contributed by atoms with Crippen molar-refractivity contribution in [1.29, 1.82) is 0 Å². The van der Waals surface area contributed by atoms with Crippen molar-refractivity contribution in [2.45, 2.75) is 90.6 Å². The summed E-state index contributed by atoms with van der Waals surface area (Å²) in [5.74, 6) is -1.72. The molecule has 26 heavy (non-hydrogen) atoms. The average molecular weight is 372 g/mol. The number of carboxylic acid groups (broad SMARTS) is 1. The molecule has 5 N–H and O–H groups in total. The molecule has 0 fully saturated rings. The normalized spacial score (nSPS) is 13.3. The van der Waals surface area contributed by atoms with Crippen LogP contribution in [0.5, 0.6) is 0 Å². The van der Waals surface area contributed by atoms with E-state index in [1.165, 1.54) is 25.7 Å². The van der Waals surface area contributed by atoms with Gasteiger partial charge in [-0.15, -0.1) is 0 Å². The lowest BCUT2D eigenvalue weighted by Gasteiger charge is -2.22. The van der Waals surface area contributed by atoms with E-state index in [9.17, 15) is 14.4 Å². The third kappa shape index (κ3) is 12.7. The summed E-state index contributed by atoms with van der Waals surface area (Å²) in [6.07, 6.45) is 8.82. The van der Waals surface area contributed by atoms with Crippen molar-refractivity contribution in [2.75, 3.05) is 6.54 Å². The van der Waals surface area contributed by atoms with Crippen molar-refractivity contribution >= 4 is 17.8 Å². The van der Waals surface area contributed by atoms with Crippen LogP contribution in [0.3, 0.4) is 0 Å². The van der Waals surface area contributed by atoms with E-state index < -0.39 is 18.6 Å². The Bertz CT molecular complexity index is 427. The van der Waals surface area contributed by atoms with Crippen LogP contribution >= 0.6 is 0 Å². The first-order valence-electron chi connectivity index (χ1n) is 9.82. The fourth-order valence-electron chi connectivity index (χ4n) is 2.64. The van der Waals surface area contributed by atoms with Crippen LogP contribution in [0.4, 0.5) is 0 Å². The molecular formula is C19H37N3O4. The number of amides is 2. The molecule has 0 aromatic rings. The highest BCUT2D eigenvalue weighted by molar-refractivity contribution is 5.84. The molecule has 0 aromatic carbocycles. The lowest BCUT2D eigenvalue weighted by atomic mass is 10.0. The first-order chi connectivity index (χ1) is 12.3. The van der Waals surface area contributed by atoms with Crippen LogP contribution in [0.25, 0.3) is 0 Å². The van der Waals surface area contributed by atoms with Gasteiger partial charge >= 0.3 is 5.97 Å². The summed E-state index contributed by atoms with van der Waals surface area (Å²) in [6.45, 7) is 5.51. The number of carboxylic acids is 1. The molecule has 0 bridgehead atoms. The Kier molecular flexibility index (Phi) is 13.6. The topological polar surface area (TPSA) is 122 Å². The van der Waals surface area contributed by atoms with Gasteiger partial charge in [-0.2, -0.15) is 0 Å². The number of aliphatic carboxylic acids is 1. The third-order valence-corrected chi connectivity index (χ3v) is 4.39. The molecule has 0 spiro atoms. The highest BCUT2D eigenvalue weighted by Crippen LogP contribution is 2.12. The minimum Gasteiger partial charge on any atom is -0.480 e. The second-order valence-corrected chi connectivity index (χ2v) is 7.26. The minimum absolute atomic E-state index is 0.00931. The van der Waals surface area contributed by atoms with E-state index in [0.717, 1.165) is 19.3 Å². The highest BCUT2D eigenvalue weighted by Gasteiger charge is 2.22. The van der Waals surface area contributed by atoms with E-state index in [4.69, 9.17) is 10.8 Å². The molecule has 2 amide bonds. The number of nitrogens with one attached hydrogen (secondary N) is 2. The van der Waals surface area contributed by atoms with Crippen molar-refractivity contribution < 1.29 is 19.5 Å². The van der Waals surface area contributed by atoms with Gasteiger partial charge < -0.3 is 21.5 Å². The predicted octanol–water partition coefficient (Wildman–Crippen LogP) is 2.19. The van der Waals surface area contributed by atoms with Crippen LogP contribution in [0.1, 0.15) is 78.6 Å². The van der Waals surface area contributed by atoms with Crippen molar-refractivity contribution in [3.05, 3.63) is 0 Å². The Labute approximate surface area is 157 Å². The maximum Gasteiger partial charge on any atom is 0.322 e. The van der Waals surface area contributed by atoms with Gasteiger partial charge in [0.05, 0.1) is 6.04 Å². The van der Waals surface area contributed by atoms with Crippen LogP contribution in [0.15, 0.2) is 0 Å². The number of hydrogen-bond donors (Lipinski definition) is 4. The first-order valence-corrected chi connectivity index (χ1v) is 9.82. The molecule has 2 atom stereocenters. The number of carbonyl (C=O) groups is 3. The van der Waals surface area contributed by atoms with Gasteiger partial charge in [0.15, 0.2) is 0 Å². The maximum atomic E-state index is 12.2. The highest BCUT2D eigenvalue weighted by atomic mass is 16.4. The monoisotopic (exact) mass is 371 g/mol. The maximum absolute atomic E-state index is 12.2. The molecule has 152 valence electrons. The Balaban J connectivity index is 4.41. The van der Waals surface area contributed by atoms with Crippen molar-refractivity contribution in [3.8, 4) is 0 Å². The summed E-state index contributed by atoms with van der Waals surface area (Å²) in [7, 11) is 0. The lowest BCUT2D eigenvalue weighted by Crippen LogP contribution is -2.49. The predicted molar refractivity (Wildman–Crippen MR) is 103 cm³/mol. The van der Waals surface area contributed by atoms with Gasteiger partial charge in [-0.3, -0.25) is 14.4 Å². The average Bonchev–Trinajstić information content (AvgIpc) is 2.58. The summed E-state index contributed by atoms with van der Waals surface area (Å²) in [6, 6.07) is -0.939. The molecular weight excluding hydrogens is 334 g/mol. The van der Waals surface area contributed by atoms with Gasteiger partial charge in [0.2, 0.25) is 11.8 Å². The zero-order chi connectivity index (χ0) is 19.9. The molecule has 0 radical (unpaired) electrons. The number of carbonyl (C=O) groups excluding carboxylic acids is 2. The van der Waals surface area contributed by atoms with E-state index >= 15 is 0 Å². The fraction of sp³-hybridized carbons (Fsp3) is 0.842. The van der Waals surface area contributed by atoms with Crippen LogP contribution in [-0.4, -0.2) is 41.5 Å². The molecule has 0 aliphatic heterocycles. The molecule has 7 nitrogen and oxygen atoms in total. The van der Waals surface area contributed by atoms with Gasteiger partial charge in [-0.1, -0.05) is 65.7 Å². The summed E-state index contributed by atoms with van der Waals surface area (Å²) >= 11 is 0. The lowest BCUT2D eigenvalue weighted by molar-refractivity contribution is -0.138. The molecule has 0 unspecified atom stereocenters. The Hall–Kier alpha value is -1.63. The van der Waals surface area contributed by atoms with Gasteiger partial charge in [0.25, 0.3) is 0 Å². The zero-order valence-electron chi connectivity index (χ0n) is 16.6. The van der Waals surface area contributed by atoms with Gasteiger partial charge in [-0.25, -0.2) is 0 Å². The van der Waals surface area contributed by atoms with E-state index in [2.05, 4.69) is 17.6 Å². The third-order valence-electron chi connectivity index (χ3n) is 4.39. The SMILES string of the molecule is CCCCCCCCC[C@H](CC(=O)NCC(=O)O)NC(=O)[C@@H](N)C(C)C. The summed E-state index contributed by atoms with van der Waals surface area (Å²) in [4.78, 5) is 34.6. The molecule has 0 heterocycles. The number of rotatable bonds is 15. The molecule has 0 rings (SSSR count). The standard InChI is InChI=1S/C19H37N3O4/c1-4-5-6-7-8-9-10-11-15(12-16(23)21-13-17(24)25)22-19(26)18(20)14(2)3/h14-15,18H,4-13,20H2,1-3H3,(H,21,23)(H,22,26)(H,24,25)/t15-,18+/m1/s1. The van der Waals surface area contributed by atoms with Crippen LogP contribution in [0, 0.1) is 5.92 Å². The Morgan fingerprint density at radius 1 is 1.00 bits per heavy atom. The zero-order valence-corrected chi connectivity index (χ0v) is 16.6. The van der Waals surface area contributed by atoms with Crippen LogP contribution in [0.2, 0.25) is 0 Å². The van der Waals surface area contributed by atoms with E-state index in [1.54, 1.807) is 0 Å². The number of unbranched alkanes of at least 4 members (excludes halogenated alkanes) is 6. The first kappa shape index (κ1) is 24.4. The molecule has 7 heteroatoms. The quantitative estimate of drug-likeness (QED) is 0.329. The van der Waals surface area contributed by atoms with Gasteiger partial charge in [0.1, 0.15) is 6.54 Å². The number of nitrogens with two attached hydrogens (primary N) is 1. The van der Waals surface area contributed by atoms with E-state index in [0.29, 0.717) is 6.42 Å². The van der Waals surface area contributed by atoms with E-state index in [1.807, 2.05) is 13.8 Å². The second-order valence-electron chi connectivity index (χ2n) is 7.26. The van der Waals surface area contributed by atoms with Crippen molar-refractivity contribution in [2.24, 2.45) is 11.7 Å². The Morgan fingerprint density at radius 3 is 2.12 bits per heavy atom. The fourth-order valence-corrected chi connectivity index (χ4v) is 2.64. The summed E-state index contributed by atoms with van der Waals surface area (Å²) < 4.78 is 0. The van der Waals surface area contributed by atoms with Crippen molar-refractivity contribution in [3.63, 3.8) is 0 Å². The molecule has 0 saturated carbocycles. The molecule has 0 saturated heterocycles. The second kappa shape index (κ2) is 14.5. The van der Waals surface area contributed by atoms with Gasteiger partial charge in [-0.05, 0) is 12.3 Å². The van der Waals surface area contributed by atoms with Crippen LogP contribution < -0.4 is 16.4 Å². The van der Waals surface area contributed by atoms with Crippen molar-refractivity contribution in [1.82, 2.24) is 10.6 Å². The summed E-state index contributed by atoms with van der Waals surface area (Å²) in [5, 5.41) is 13.8. The molecule has 0 aliphatic carbocycles. The largest absolute Gasteiger partial charge is 0.480 e. The molecule has 0 aromatic heterocycles.